The highest BCUT2D eigenvalue weighted by Gasteiger charge is 1.99. The lowest BCUT2D eigenvalue weighted by Crippen LogP contribution is -1.86. The first-order valence-corrected chi connectivity index (χ1v) is 4.79. The summed E-state index contributed by atoms with van der Waals surface area (Å²) in [6.07, 6.45) is 1.37. The number of aromatic hydroxyl groups is 1. The van der Waals surface area contributed by atoms with Gasteiger partial charge in [0.05, 0.1) is 0 Å². The molecule has 1 N–H and O–H groups in total. The number of aldehydes is 1. The largest absolute Gasteiger partial charge is 0.508 e. The van der Waals surface area contributed by atoms with Crippen LogP contribution in [0.1, 0.15) is 22.3 Å². The Labute approximate surface area is 88.4 Å². The highest BCUT2D eigenvalue weighted by atomic mass is 32.1. The monoisotopic (exact) mass is 206 g/mol. The van der Waals surface area contributed by atoms with E-state index in [9.17, 15) is 4.79 Å². The molecule has 3 heteroatoms. The molecule has 1 rings (SSSR count). The molecule has 0 aromatic heterocycles. The van der Waals surface area contributed by atoms with Crippen molar-refractivity contribution in [3.05, 3.63) is 29.3 Å². The summed E-state index contributed by atoms with van der Waals surface area (Å²) in [5, 5.41) is 9.12. The molecule has 1 aromatic rings. The molecule has 0 saturated carbocycles. The third-order valence-corrected chi connectivity index (χ3v) is 1.85. The first-order chi connectivity index (χ1) is 6.77. The van der Waals surface area contributed by atoms with Crippen molar-refractivity contribution in [3.8, 4) is 17.6 Å². The topological polar surface area (TPSA) is 37.3 Å². The van der Waals surface area contributed by atoms with Gasteiger partial charge in [0.15, 0.2) is 6.29 Å². The van der Waals surface area contributed by atoms with E-state index < -0.39 is 0 Å². The fourth-order valence-corrected chi connectivity index (χ4v) is 1.09. The van der Waals surface area contributed by atoms with E-state index in [0.717, 1.165) is 0 Å². The highest BCUT2D eigenvalue weighted by Crippen LogP contribution is 2.13. The van der Waals surface area contributed by atoms with Gasteiger partial charge in [-0.05, 0) is 18.2 Å². The second kappa shape index (κ2) is 5.36. The summed E-state index contributed by atoms with van der Waals surface area (Å²) in [5.74, 6) is 6.50. The van der Waals surface area contributed by atoms with E-state index >= 15 is 0 Å². The summed E-state index contributed by atoms with van der Waals surface area (Å²) >= 11 is 4.02. The Bertz CT molecular complexity index is 388. The van der Waals surface area contributed by atoms with Crippen molar-refractivity contribution in [1.82, 2.24) is 0 Å². The van der Waals surface area contributed by atoms with Crippen LogP contribution in [0, 0.1) is 11.8 Å². The van der Waals surface area contributed by atoms with E-state index in [4.69, 9.17) is 5.11 Å². The maximum absolute atomic E-state index is 10.6. The van der Waals surface area contributed by atoms with Crippen LogP contribution in [0.5, 0.6) is 5.75 Å². The van der Waals surface area contributed by atoms with E-state index in [1.54, 1.807) is 6.07 Å². The van der Waals surface area contributed by atoms with Crippen LogP contribution in [0.2, 0.25) is 0 Å². The average Bonchev–Trinajstić information content (AvgIpc) is 2.20. The lowest BCUT2D eigenvalue weighted by atomic mass is 10.1. The van der Waals surface area contributed by atoms with Crippen molar-refractivity contribution in [2.45, 2.75) is 6.42 Å². The SMILES string of the molecule is O=Cc1cc(O)ccc1C#CCCS. The number of thiol groups is 1. The van der Waals surface area contributed by atoms with Gasteiger partial charge in [-0.25, -0.2) is 0 Å². The molecule has 0 aliphatic rings. The lowest BCUT2D eigenvalue weighted by Gasteiger charge is -1.96. The number of carbonyl (C=O) groups is 1. The van der Waals surface area contributed by atoms with Crippen molar-refractivity contribution in [3.63, 3.8) is 0 Å². The van der Waals surface area contributed by atoms with Crippen LogP contribution in [-0.4, -0.2) is 17.1 Å². The van der Waals surface area contributed by atoms with Gasteiger partial charge in [-0.1, -0.05) is 11.8 Å². The van der Waals surface area contributed by atoms with Gasteiger partial charge in [0.2, 0.25) is 0 Å². The predicted octanol–water partition coefficient (Wildman–Crippen LogP) is 1.88. The van der Waals surface area contributed by atoms with E-state index in [0.29, 0.717) is 29.6 Å². The maximum atomic E-state index is 10.6. The molecule has 0 unspecified atom stereocenters. The zero-order valence-electron chi connectivity index (χ0n) is 7.53. The molecule has 0 aliphatic carbocycles. The summed E-state index contributed by atoms with van der Waals surface area (Å²) in [4.78, 5) is 10.6. The van der Waals surface area contributed by atoms with Gasteiger partial charge < -0.3 is 5.11 Å². The molecule has 0 bridgehead atoms. The number of carbonyl (C=O) groups excluding carboxylic acids is 1. The van der Waals surface area contributed by atoms with Gasteiger partial charge in [0.25, 0.3) is 0 Å². The van der Waals surface area contributed by atoms with Gasteiger partial charge in [-0.2, -0.15) is 12.6 Å². The van der Waals surface area contributed by atoms with Crippen LogP contribution in [0.25, 0.3) is 0 Å². The third-order valence-electron chi connectivity index (χ3n) is 1.62. The molecule has 0 amide bonds. The number of phenols is 1. The molecule has 0 aliphatic heterocycles. The van der Waals surface area contributed by atoms with Gasteiger partial charge in [-0.15, -0.1) is 0 Å². The van der Waals surface area contributed by atoms with Gasteiger partial charge >= 0.3 is 0 Å². The van der Waals surface area contributed by atoms with Crippen LogP contribution < -0.4 is 0 Å². The van der Waals surface area contributed by atoms with Crippen molar-refractivity contribution in [2.24, 2.45) is 0 Å². The van der Waals surface area contributed by atoms with Gasteiger partial charge in [0.1, 0.15) is 5.75 Å². The van der Waals surface area contributed by atoms with E-state index in [-0.39, 0.29) is 5.75 Å². The maximum Gasteiger partial charge on any atom is 0.151 e. The average molecular weight is 206 g/mol. The van der Waals surface area contributed by atoms with Crippen LogP contribution in [-0.2, 0) is 0 Å². The number of rotatable bonds is 2. The minimum absolute atomic E-state index is 0.0758. The zero-order chi connectivity index (χ0) is 10.4. The van der Waals surface area contributed by atoms with Crippen molar-refractivity contribution >= 4 is 18.9 Å². The Morgan fingerprint density at radius 3 is 2.93 bits per heavy atom. The fourth-order valence-electron chi connectivity index (χ4n) is 0.975. The Hall–Kier alpha value is -1.40. The predicted molar refractivity (Wildman–Crippen MR) is 58.8 cm³/mol. The Morgan fingerprint density at radius 2 is 2.29 bits per heavy atom. The van der Waals surface area contributed by atoms with Crippen LogP contribution >= 0.6 is 12.6 Å². The van der Waals surface area contributed by atoms with Crippen molar-refractivity contribution in [1.29, 1.82) is 0 Å². The molecule has 0 spiro atoms. The first kappa shape index (κ1) is 10.7. The molecule has 14 heavy (non-hydrogen) atoms. The van der Waals surface area contributed by atoms with Gasteiger partial charge in [-0.3, -0.25) is 4.79 Å². The van der Waals surface area contributed by atoms with Gasteiger partial charge in [0, 0.05) is 23.3 Å². The minimum atomic E-state index is 0.0758. The second-order valence-electron chi connectivity index (χ2n) is 2.66. The lowest BCUT2D eigenvalue weighted by molar-refractivity contribution is 0.112. The molecule has 0 saturated heterocycles. The number of phenolic OH excluding ortho intramolecular Hbond substituents is 1. The molecule has 0 fully saturated rings. The molecule has 1 aromatic carbocycles. The summed E-state index contributed by atoms with van der Waals surface area (Å²) in [6.45, 7) is 0. The molecule has 72 valence electrons. The van der Waals surface area contributed by atoms with E-state index in [1.165, 1.54) is 12.1 Å². The van der Waals surface area contributed by atoms with Crippen molar-refractivity contribution < 1.29 is 9.90 Å². The molecular weight excluding hydrogens is 196 g/mol. The number of benzene rings is 1. The van der Waals surface area contributed by atoms with Crippen LogP contribution in [0.4, 0.5) is 0 Å². The minimum Gasteiger partial charge on any atom is -0.508 e. The second-order valence-corrected chi connectivity index (χ2v) is 3.11. The zero-order valence-corrected chi connectivity index (χ0v) is 8.42. The smallest absolute Gasteiger partial charge is 0.151 e. The standard InChI is InChI=1S/C11H10O2S/c12-8-10-7-11(13)5-4-9(10)3-1-2-6-14/h4-5,7-8,13-14H,2,6H2. The summed E-state index contributed by atoms with van der Waals surface area (Å²) in [7, 11) is 0. The Morgan fingerprint density at radius 1 is 1.50 bits per heavy atom. The quantitative estimate of drug-likeness (QED) is 0.440. The Balaban J connectivity index is 2.98. The Kier molecular flexibility index (Phi) is 4.09. The normalized spacial score (nSPS) is 8.93. The molecule has 0 atom stereocenters. The summed E-state index contributed by atoms with van der Waals surface area (Å²) in [6, 6.07) is 4.54. The summed E-state index contributed by atoms with van der Waals surface area (Å²) < 4.78 is 0. The molecule has 2 nitrogen and oxygen atoms in total. The van der Waals surface area contributed by atoms with Crippen molar-refractivity contribution in [2.75, 3.05) is 5.75 Å². The number of hydrogen-bond acceptors (Lipinski definition) is 3. The van der Waals surface area contributed by atoms with E-state index in [2.05, 4.69) is 24.5 Å². The number of hydrogen-bond donors (Lipinski definition) is 2. The fraction of sp³-hybridized carbons (Fsp3) is 0.182. The molecular formula is C11H10O2S. The third kappa shape index (κ3) is 2.82. The van der Waals surface area contributed by atoms with E-state index in [1.807, 2.05) is 0 Å². The molecule has 0 radical (unpaired) electrons. The van der Waals surface area contributed by atoms with Crippen LogP contribution in [0.3, 0.4) is 0 Å². The van der Waals surface area contributed by atoms with Crippen LogP contribution in [0.15, 0.2) is 18.2 Å². The first-order valence-electron chi connectivity index (χ1n) is 4.16. The summed E-state index contributed by atoms with van der Waals surface area (Å²) in [5.41, 5.74) is 1.05. The highest BCUT2D eigenvalue weighted by molar-refractivity contribution is 7.80. The molecule has 0 heterocycles.